The highest BCUT2D eigenvalue weighted by atomic mass is 19.4. The standard InChI is InChI=1S/C13H20F3NO2/c14-13(15,16)12(2-3-12)17-10-1-6-19-11(9-10)4-7-18-8-5-11/h10,17H,1-9H2. The van der Waals surface area contributed by atoms with Crippen LogP contribution in [-0.4, -0.2) is 43.2 Å². The van der Waals surface area contributed by atoms with Crippen molar-refractivity contribution >= 4 is 0 Å². The minimum absolute atomic E-state index is 0.0871. The van der Waals surface area contributed by atoms with Crippen LogP contribution in [0.3, 0.4) is 0 Å². The molecule has 0 bridgehead atoms. The van der Waals surface area contributed by atoms with Crippen molar-refractivity contribution in [3.05, 3.63) is 0 Å². The molecule has 2 aliphatic heterocycles. The first-order valence-electron chi connectivity index (χ1n) is 7.01. The molecule has 2 saturated heterocycles. The molecule has 3 fully saturated rings. The van der Waals surface area contributed by atoms with Gasteiger partial charge in [-0.15, -0.1) is 0 Å². The van der Waals surface area contributed by atoms with Crippen LogP contribution in [-0.2, 0) is 9.47 Å². The molecule has 3 nitrogen and oxygen atoms in total. The Bertz CT molecular complexity index is 330. The quantitative estimate of drug-likeness (QED) is 0.842. The summed E-state index contributed by atoms with van der Waals surface area (Å²) in [6.07, 6.45) is -0.773. The lowest BCUT2D eigenvalue weighted by Crippen LogP contribution is -2.56. The lowest BCUT2D eigenvalue weighted by atomic mass is 9.83. The highest BCUT2D eigenvalue weighted by Gasteiger charge is 2.64. The third-order valence-electron chi connectivity index (χ3n) is 4.67. The first kappa shape index (κ1) is 13.6. The second-order valence-corrected chi connectivity index (χ2v) is 6.06. The summed E-state index contributed by atoms with van der Waals surface area (Å²) in [6, 6.07) is -0.0871. The lowest BCUT2D eigenvalue weighted by molar-refractivity contribution is -0.178. The maximum atomic E-state index is 13.0. The molecule has 1 atom stereocenters. The van der Waals surface area contributed by atoms with Crippen LogP contribution >= 0.6 is 0 Å². The van der Waals surface area contributed by atoms with E-state index in [0.717, 1.165) is 12.8 Å². The van der Waals surface area contributed by atoms with Crippen LogP contribution in [0.4, 0.5) is 13.2 Å². The second-order valence-electron chi connectivity index (χ2n) is 6.06. The van der Waals surface area contributed by atoms with E-state index in [4.69, 9.17) is 9.47 Å². The molecule has 0 amide bonds. The summed E-state index contributed by atoms with van der Waals surface area (Å²) in [4.78, 5) is 0. The van der Waals surface area contributed by atoms with Crippen LogP contribution in [0.15, 0.2) is 0 Å². The summed E-state index contributed by atoms with van der Waals surface area (Å²) in [5, 5.41) is 2.87. The summed E-state index contributed by atoms with van der Waals surface area (Å²) < 4.78 is 50.1. The van der Waals surface area contributed by atoms with Gasteiger partial charge in [0.25, 0.3) is 0 Å². The predicted octanol–water partition coefficient (Wildman–Crippen LogP) is 2.40. The molecule has 19 heavy (non-hydrogen) atoms. The van der Waals surface area contributed by atoms with E-state index in [0.29, 0.717) is 32.7 Å². The molecule has 3 aliphatic rings. The van der Waals surface area contributed by atoms with Crippen LogP contribution in [0, 0.1) is 0 Å². The Hall–Kier alpha value is -0.330. The Morgan fingerprint density at radius 1 is 1.00 bits per heavy atom. The van der Waals surface area contributed by atoms with Gasteiger partial charge >= 0.3 is 6.18 Å². The number of nitrogens with one attached hydrogen (secondary N) is 1. The van der Waals surface area contributed by atoms with Crippen molar-refractivity contribution in [3.8, 4) is 0 Å². The number of alkyl halides is 3. The van der Waals surface area contributed by atoms with Gasteiger partial charge in [0.15, 0.2) is 0 Å². The van der Waals surface area contributed by atoms with Crippen LogP contribution in [0.25, 0.3) is 0 Å². The predicted molar refractivity (Wildman–Crippen MR) is 62.9 cm³/mol. The highest BCUT2D eigenvalue weighted by molar-refractivity contribution is 5.10. The van der Waals surface area contributed by atoms with Gasteiger partial charge in [0.05, 0.1) is 5.60 Å². The molecule has 0 radical (unpaired) electrons. The summed E-state index contributed by atoms with van der Waals surface area (Å²) in [5.41, 5.74) is -1.86. The molecule has 3 rings (SSSR count). The van der Waals surface area contributed by atoms with Gasteiger partial charge in [0, 0.05) is 25.9 Å². The van der Waals surface area contributed by atoms with Crippen molar-refractivity contribution in [1.82, 2.24) is 5.32 Å². The van der Waals surface area contributed by atoms with Gasteiger partial charge in [-0.05, 0) is 38.5 Å². The van der Waals surface area contributed by atoms with Crippen molar-refractivity contribution in [1.29, 1.82) is 0 Å². The molecular formula is C13H20F3NO2. The van der Waals surface area contributed by atoms with Crippen LogP contribution < -0.4 is 5.32 Å². The number of ether oxygens (including phenoxy) is 2. The van der Waals surface area contributed by atoms with Gasteiger partial charge in [0.1, 0.15) is 5.54 Å². The van der Waals surface area contributed by atoms with E-state index in [1.54, 1.807) is 0 Å². The molecule has 0 aromatic heterocycles. The van der Waals surface area contributed by atoms with E-state index >= 15 is 0 Å². The average molecular weight is 279 g/mol. The Labute approximate surface area is 110 Å². The lowest BCUT2D eigenvalue weighted by Gasteiger charge is -2.44. The normalized spacial score (nSPS) is 33.3. The van der Waals surface area contributed by atoms with Gasteiger partial charge in [-0.2, -0.15) is 13.2 Å². The fraction of sp³-hybridized carbons (Fsp3) is 1.00. The van der Waals surface area contributed by atoms with Gasteiger partial charge in [0.2, 0.25) is 0 Å². The Morgan fingerprint density at radius 2 is 1.68 bits per heavy atom. The van der Waals surface area contributed by atoms with E-state index in [9.17, 15) is 13.2 Å². The number of hydrogen-bond donors (Lipinski definition) is 1. The maximum absolute atomic E-state index is 13.0. The van der Waals surface area contributed by atoms with E-state index < -0.39 is 11.7 Å². The summed E-state index contributed by atoms with van der Waals surface area (Å²) in [7, 11) is 0. The van der Waals surface area contributed by atoms with Gasteiger partial charge in [-0.3, -0.25) is 0 Å². The molecule has 1 saturated carbocycles. The second kappa shape index (κ2) is 4.60. The minimum Gasteiger partial charge on any atom is -0.381 e. The Kier molecular flexibility index (Phi) is 3.30. The zero-order chi connectivity index (χ0) is 13.6. The molecule has 2 heterocycles. The largest absolute Gasteiger partial charge is 0.406 e. The molecule has 1 aliphatic carbocycles. The third kappa shape index (κ3) is 2.62. The van der Waals surface area contributed by atoms with Crippen molar-refractivity contribution in [2.45, 2.75) is 61.9 Å². The third-order valence-corrected chi connectivity index (χ3v) is 4.67. The van der Waals surface area contributed by atoms with Gasteiger partial charge in [-0.1, -0.05) is 0 Å². The van der Waals surface area contributed by atoms with Gasteiger partial charge < -0.3 is 14.8 Å². The first-order valence-corrected chi connectivity index (χ1v) is 7.01. The average Bonchev–Trinajstić information content (AvgIpc) is 3.10. The van der Waals surface area contributed by atoms with E-state index in [1.165, 1.54) is 0 Å². The van der Waals surface area contributed by atoms with Crippen LogP contribution in [0.5, 0.6) is 0 Å². The fourth-order valence-electron chi connectivity index (χ4n) is 3.27. The summed E-state index contributed by atoms with van der Waals surface area (Å²) in [5.74, 6) is 0. The first-order chi connectivity index (χ1) is 8.95. The molecule has 6 heteroatoms. The molecular weight excluding hydrogens is 259 g/mol. The van der Waals surface area contributed by atoms with Crippen molar-refractivity contribution in [2.75, 3.05) is 19.8 Å². The Balaban J connectivity index is 1.63. The topological polar surface area (TPSA) is 30.5 Å². The molecule has 110 valence electrons. The number of rotatable bonds is 2. The Morgan fingerprint density at radius 3 is 2.26 bits per heavy atom. The van der Waals surface area contributed by atoms with Crippen molar-refractivity contribution in [3.63, 3.8) is 0 Å². The van der Waals surface area contributed by atoms with Gasteiger partial charge in [-0.25, -0.2) is 0 Å². The van der Waals surface area contributed by atoms with Crippen molar-refractivity contribution in [2.24, 2.45) is 0 Å². The monoisotopic (exact) mass is 279 g/mol. The van der Waals surface area contributed by atoms with E-state index in [-0.39, 0.29) is 24.5 Å². The zero-order valence-corrected chi connectivity index (χ0v) is 10.9. The molecule has 0 aromatic rings. The molecule has 1 unspecified atom stereocenters. The van der Waals surface area contributed by atoms with E-state index in [1.807, 2.05) is 0 Å². The highest BCUT2D eigenvalue weighted by Crippen LogP contribution is 2.50. The molecule has 1 spiro atoms. The summed E-state index contributed by atoms with van der Waals surface area (Å²) in [6.45, 7) is 1.85. The fourth-order valence-corrected chi connectivity index (χ4v) is 3.27. The molecule has 1 N–H and O–H groups in total. The minimum atomic E-state index is -4.13. The zero-order valence-electron chi connectivity index (χ0n) is 10.9. The number of hydrogen-bond acceptors (Lipinski definition) is 3. The number of halogens is 3. The van der Waals surface area contributed by atoms with Crippen LogP contribution in [0.2, 0.25) is 0 Å². The molecule has 0 aromatic carbocycles. The summed E-state index contributed by atoms with van der Waals surface area (Å²) >= 11 is 0. The van der Waals surface area contributed by atoms with Crippen molar-refractivity contribution < 1.29 is 22.6 Å². The maximum Gasteiger partial charge on any atom is 0.406 e. The van der Waals surface area contributed by atoms with Crippen LogP contribution in [0.1, 0.15) is 38.5 Å². The van der Waals surface area contributed by atoms with E-state index in [2.05, 4.69) is 5.32 Å². The smallest absolute Gasteiger partial charge is 0.381 e. The SMILES string of the molecule is FC(F)(F)C1(NC2CCOC3(CCOCC3)C2)CC1.